The van der Waals surface area contributed by atoms with Crippen LogP contribution in [-0.4, -0.2) is 39.8 Å². The zero-order valence-electron chi connectivity index (χ0n) is 19.3. The van der Waals surface area contributed by atoms with Crippen LogP contribution in [-0.2, 0) is 11.3 Å². The van der Waals surface area contributed by atoms with Crippen LogP contribution < -0.4 is 15.6 Å². The van der Waals surface area contributed by atoms with Crippen molar-refractivity contribution in [1.82, 2.24) is 19.9 Å². The molecule has 8 heteroatoms. The minimum absolute atomic E-state index is 0.0750. The molecule has 2 heterocycles. The summed E-state index contributed by atoms with van der Waals surface area (Å²) in [6.45, 7) is 3.01. The predicted octanol–water partition coefficient (Wildman–Crippen LogP) is 4.46. The molecule has 7 nitrogen and oxygen atoms in total. The highest BCUT2D eigenvalue weighted by atomic mass is 32.2. The highest BCUT2D eigenvalue weighted by molar-refractivity contribution is 7.99. The fourth-order valence-electron chi connectivity index (χ4n) is 3.75. The standard InChI is InChI=1S/C26H28N4O3S/c1-3-4-14-27-22(31)17-34-26-29-23-20(18-10-6-5-7-11-18)15-28-24(23)25(32)30(26)16-19-12-8-9-13-21(19)33-2/h5-13,15,28H,3-4,14,16-17H2,1-2H3,(H,27,31). The summed E-state index contributed by atoms with van der Waals surface area (Å²) in [5, 5.41) is 3.42. The van der Waals surface area contributed by atoms with Crippen LogP contribution in [0.1, 0.15) is 25.3 Å². The fourth-order valence-corrected chi connectivity index (χ4v) is 4.57. The molecule has 176 valence electrons. The maximum atomic E-state index is 13.6. The number of fused-ring (bicyclic) bond motifs is 1. The van der Waals surface area contributed by atoms with E-state index in [1.54, 1.807) is 11.7 Å². The Bertz CT molecular complexity index is 1330. The molecule has 4 rings (SSSR count). The first-order valence-electron chi connectivity index (χ1n) is 11.3. The SMILES string of the molecule is CCCCNC(=O)CSc1nc2c(-c3ccccc3)c[nH]c2c(=O)n1Cc1ccccc1OC. The van der Waals surface area contributed by atoms with Gasteiger partial charge in [0, 0.05) is 23.9 Å². The number of nitrogens with zero attached hydrogens (tertiary/aromatic N) is 2. The van der Waals surface area contributed by atoms with Crippen LogP contribution in [0.3, 0.4) is 0 Å². The third-order valence-electron chi connectivity index (χ3n) is 5.54. The van der Waals surface area contributed by atoms with Gasteiger partial charge in [0.25, 0.3) is 5.56 Å². The summed E-state index contributed by atoms with van der Waals surface area (Å²) in [7, 11) is 1.61. The zero-order chi connectivity index (χ0) is 23.9. The van der Waals surface area contributed by atoms with Gasteiger partial charge in [0.05, 0.1) is 19.4 Å². The van der Waals surface area contributed by atoms with Gasteiger partial charge in [-0.2, -0.15) is 0 Å². The Morgan fingerprint density at radius 2 is 1.91 bits per heavy atom. The molecule has 2 N–H and O–H groups in total. The molecular formula is C26H28N4O3S. The van der Waals surface area contributed by atoms with Crippen molar-refractivity contribution < 1.29 is 9.53 Å². The van der Waals surface area contributed by atoms with E-state index in [0.717, 1.165) is 29.5 Å². The van der Waals surface area contributed by atoms with Crippen molar-refractivity contribution in [1.29, 1.82) is 0 Å². The molecule has 0 bridgehead atoms. The number of ether oxygens (including phenoxy) is 1. The minimum Gasteiger partial charge on any atom is -0.496 e. The van der Waals surface area contributed by atoms with Crippen LogP contribution in [0.4, 0.5) is 0 Å². The van der Waals surface area contributed by atoms with Gasteiger partial charge in [-0.3, -0.25) is 14.2 Å². The molecule has 34 heavy (non-hydrogen) atoms. The molecule has 0 saturated carbocycles. The minimum atomic E-state index is -0.188. The highest BCUT2D eigenvalue weighted by Crippen LogP contribution is 2.28. The molecule has 2 aromatic carbocycles. The lowest BCUT2D eigenvalue weighted by Gasteiger charge is -2.14. The Hall–Kier alpha value is -3.52. The van der Waals surface area contributed by atoms with Crippen LogP contribution in [0.25, 0.3) is 22.2 Å². The van der Waals surface area contributed by atoms with Gasteiger partial charge in [0.15, 0.2) is 5.16 Å². The van der Waals surface area contributed by atoms with E-state index in [-0.39, 0.29) is 23.8 Å². The number of hydrogen-bond donors (Lipinski definition) is 2. The number of carbonyl (C=O) groups is 1. The van der Waals surface area contributed by atoms with Crippen LogP contribution in [0.5, 0.6) is 5.75 Å². The van der Waals surface area contributed by atoms with Gasteiger partial charge < -0.3 is 15.0 Å². The summed E-state index contributed by atoms with van der Waals surface area (Å²) in [4.78, 5) is 34.0. The lowest BCUT2D eigenvalue weighted by molar-refractivity contribution is -0.118. The van der Waals surface area contributed by atoms with Crippen LogP contribution in [0.15, 0.2) is 70.7 Å². The molecule has 0 unspecified atom stereocenters. The second-order valence-electron chi connectivity index (χ2n) is 7.88. The predicted molar refractivity (Wildman–Crippen MR) is 137 cm³/mol. The smallest absolute Gasteiger partial charge is 0.278 e. The summed E-state index contributed by atoms with van der Waals surface area (Å²) in [5.41, 5.74) is 3.53. The molecule has 2 aromatic heterocycles. The number of H-pyrrole nitrogens is 1. The van der Waals surface area contributed by atoms with Gasteiger partial charge in [0.2, 0.25) is 5.91 Å². The van der Waals surface area contributed by atoms with E-state index >= 15 is 0 Å². The maximum absolute atomic E-state index is 13.6. The van der Waals surface area contributed by atoms with Crippen LogP contribution in [0, 0.1) is 0 Å². The zero-order valence-corrected chi connectivity index (χ0v) is 20.2. The van der Waals surface area contributed by atoms with Crippen molar-refractivity contribution in [2.24, 2.45) is 0 Å². The average molecular weight is 477 g/mol. The molecule has 0 spiro atoms. The van der Waals surface area contributed by atoms with Gasteiger partial charge in [-0.15, -0.1) is 0 Å². The number of benzene rings is 2. The number of amides is 1. The summed E-state index contributed by atoms with van der Waals surface area (Å²) in [5.74, 6) is 0.798. The first-order chi connectivity index (χ1) is 16.6. The van der Waals surface area contributed by atoms with Crippen LogP contribution >= 0.6 is 11.8 Å². The average Bonchev–Trinajstić information content (AvgIpc) is 3.30. The van der Waals surface area contributed by atoms with E-state index in [0.29, 0.717) is 28.5 Å². The normalized spacial score (nSPS) is 11.0. The topological polar surface area (TPSA) is 89.0 Å². The monoisotopic (exact) mass is 476 g/mol. The maximum Gasteiger partial charge on any atom is 0.278 e. The lowest BCUT2D eigenvalue weighted by atomic mass is 10.1. The summed E-state index contributed by atoms with van der Waals surface area (Å²) >= 11 is 1.27. The van der Waals surface area contributed by atoms with Gasteiger partial charge in [-0.25, -0.2) is 4.98 Å². The molecule has 0 radical (unpaired) electrons. The van der Waals surface area contributed by atoms with E-state index in [9.17, 15) is 9.59 Å². The third-order valence-corrected chi connectivity index (χ3v) is 6.52. The van der Waals surface area contributed by atoms with Crippen molar-refractivity contribution in [3.05, 3.63) is 76.7 Å². The number of hydrogen-bond acceptors (Lipinski definition) is 5. The molecular weight excluding hydrogens is 448 g/mol. The number of aromatic nitrogens is 3. The quantitative estimate of drug-likeness (QED) is 0.200. The van der Waals surface area contributed by atoms with Crippen molar-refractivity contribution in [3.8, 4) is 16.9 Å². The fraction of sp³-hybridized carbons (Fsp3) is 0.269. The molecule has 0 atom stereocenters. The van der Waals surface area contributed by atoms with Crippen molar-refractivity contribution in [2.75, 3.05) is 19.4 Å². The van der Waals surface area contributed by atoms with Gasteiger partial charge in [0.1, 0.15) is 16.8 Å². The summed E-state index contributed by atoms with van der Waals surface area (Å²) in [6, 6.07) is 17.4. The molecule has 0 aliphatic rings. The van der Waals surface area contributed by atoms with Gasteiger partial charge >= 0.3 is 0 Å². The number of aromatic amines is 1. The molecule has 4 aromatic rings. The third kappa shape index (κ3) is 5.17. The largest absolute Gasteiger partial charge is 0.496 e. The van der Waals surface area contributed by atoms with Crippen LogP contribution in [0.2, 0.25) is 0 Å². The number of para-hydroxylation sites is 1. The second-order valence-corrected chi connectivity index (χ2v) is 8.82. The Morgan fingerprint density at radius 3 is 2.68 bits per heavy atom. The van der Waals surface area contributed by atoms with E-state index in [4.69, 9.17) is 9.72 Å². The number of nitrogens with one attached hydrogen (secondary N) is 2. The van der Waals surface area contributed by atoms with E-state index in [2.05, 4.69) is 17.2 Å². The lowest BCUT2D eigenvalue weighted by Crippen LogP contribution is -2.28. The van der Waals surface area contributed by atoms with E-state index in [1.807, 2.05) is 60.8 Å². The Kier molecular flexibility index (Phi) is 7.69. The first kappa shape index (κ1) is 23.6. The number of methoxy groups -OCH3 is 1. The number of carbonyl (C=O) groups excluding carboxylic acids is 1. The summed E-state index contributed by atoms with van der Waals surface area (Å²) < 4.78 is 7.09. The van der Waals surface area contributed by atoms with Crippen molar-refractivity contribution in [2.45, 2.75) is 31.5 Å². The Balaban J connectivity index is 1.75. The molecule has 0 fully saturated rings. The second kappa shape index (κ2) is 11.1. The molecule has 0 aliphatic carbocycles. The number of rotatable bonds is 10. The molecule has 1 amide bonds. The Labute approximate surface area is 202 Å². The molecule has 0 aliphatic heterocycles. The Morgan fingerprint density at radius 1 is 1.15 bits per heavy atom. The highest BCUT2D eigenvalue weighted by Gasteiger charge is 2.18. The molecule has 0 saturated heterocycles. The number of unbranched alkanes of at least 4 members (excludes halogenated alkanes) is 1. The van der Waals surface area contributed by atoms with E-state index < -0.39 is 0 Å². The van der Waals surface area contributed by atoms with E-state index in [1.165, 1.54) is 11.8 Å². The van der Waals surface area contributed by atoms with Gasteiger partial charge in [-0.1, -0.05) is 73.6 Å². The van der Waals surface area contributed by atoms with Gasteiger partial charge in [-0.05, 0) is 18.1 Å². The van der Waals surface area contributed by atoms with Crippen molar-refractivity contribution >= 4 is 28.7 Å². The summed E-state index contributed by atoms with van der Waals surface area (Å²) in [6.07, 6.45) is 3.76. The van der Waals surface area contributed by atoms with Crippen molar-refractivity contribution in [3.63, 3.8) is 0 Å². The number of thioether (sulfide) groups is 1. The first-order valence-corrected chi connectivity index (χ1v) is 12.3.